The molecule has 0 spiro atoms. The summed E-state index contributed by atoms with van der Waals surface area (Å²) in [6, 6.07) is 53.2. The smallest absolute Gasteiger partial charge is 0.135 e. The first kappa shape index (κ1) is 44.9. The van der Waals surface area contributed by atoms with E-state index in [1.807, 2.05) is 24.4 Å². The molecule has 8 aromatic rings. The Balaban J connectivity index is 0.00000560. The monoisotopic (exact) mass is 1020 g/mol. The Hall–Kier alpha value is -5.64. The molecule has 0 aliphatic carbocycles. The van der Waals surface area contributed by atoms with Crippen molar-refractivity contribution in [3.05, 3.63) is 175 Å². The van der Waals surface area contributed by atoms with Crippen LogP contribution in [-0.2, 0) is 42.7 Å². The zero-order valence-electron chi connectivity index (χ0n) is 39.3. The van der Waals surface area contributed by atoms with Crippen LogP contribution in [0.3, 0.4) is 0 Å². The van der Waals surface area contributed by atoms with E-state index in [-0.39, 0.29) is 42.7 Å². The number of hydrogen-bond donors (Lipinski definition) is 0. The summed E-state index contributed by atoms with van der Waals surface area (Å²) in [7, 11) is 0. The minimum absolute atomic E-state index is 0. The average Bonchev–Trinajstić information content (AvgIpc) is 3.78. The summed E-state index contributed by atoms with van der Waals surface area (Å²) in [4.78, 5) is 9.48. The van der Waals surface area contributed by atoms with Gasteiger partial charge >= 0.3 is 0 Å². The first-order valence-electron chi connectivity index (χ1n) is 22.2. The van der Waals surface area contributed by atoms with E-state index in [2.05, 4.69) is 225 Å². The van der Waals surface area contributed by atoms with Gasteiger partial charge in [0.05, 0.1) is 0 Å². The Kier molecular flexibility index (Phi) is 11.5. The Morgan fingerprint density at radius 2 is 1.16 bits per heavy atom. The van der Waals surface area contributed by atoms with Gasteiger partial charge in [-0.1, -0.05) is 143 Å². The van der Waals surface area contributed by atoms with Gasteiger partial charge < -0.3 is 19.1 Å². The van der Waals surface area contributed by atoms with Gasteiger partial charge in [0.2, 0.25) is 0 Å². The Morgan fingerprint density at radius 1 is 0.500 bits per heavy atom. The Morgan fingerprint density at radius 3 is 1.86 bits per heavy atom. The van der Waals surface area contributed by atoms with Gasteiger partial charge in [-0.2, -0.15) is 12.1 Å². The van der Waals surface area contributed by atoms with Crippen molar-refractivity contribution in [3.8, 4) is 28.4 Å². The normalized spacial score (nSPS) is 13.4. The van der Waals surface area contributed by atoms with E-state index in [0.29, 0.717) is 11.5 Å². The summed E-state index contributed by atoms with van der Waals surface area (Å²) in [5, 5.41) is 2.27. The van der Waals surface area contributed by atoms with Gasteiger partial charge in [-0.05, 0) is 103 Å². The molecule has 0 atom stereocenters. The molecule has 3 heterocycles. The third-order valence-electron chi connectivity index (χ3n) is 12.3. The van der Waals surface area contributed by atoms with Gasteiger partial charge in [-0.15, -0.1) is 48.1 Å². The molecule has 0 radical (unpaired) electrons. The van der Waals surface area contributed by atoms with Crippen LogP contribution in [0.25, 0.3) is 38.8 Å². The summed E-state index contributed by atoms with van der Waals surface area (Å²) >= 11 is 0. The third-order valence-corrected chi connectivity index (χ3v) is 12.3. The summed E-state index contributed by atoms with van der Waals surface area (Å²) < 4.78 is 8.94. The minimum atomic E-state index is -0.0504. The van der Waals surface area contributed by atoms with Gasteiger partial charge in [0.1, 0.15) is 5.82 Å². The van der Waals surface area contributed by atoms with E-state index < -0.39 is 0 Å². The molecule has 9 rings (SSSR count). The van der Waals surface area contributed by atoms with Crippen molar-refractivity contribution in [1.29, 1.82) is 0 Å². The molecule has 0 bridgehead atoms. The van der Waals surface area contributed by atoms with Crippen molar-refractivity contribution >= 4 is 44.6 Å². The van der Waals surface area contributed by atoms with E-state index in [0.717, 1.165) is 45.0 Å². The van der Waals surface area contributed by atoms with Gasteiger partial charge in [0.25, 0.3) is 0 Å². The standard InChI is InChI=1S/C58H59N4O.Pt/c1-55(2,3)40-21-25-50-49(32-40)48-24-23-47(36-52(48)62(50)54-34-42(27-28-59-54)57(7,8)9)63-46-20-16-19-44(35-46)60-37-61(53-33-41(56(4,5)6)22-26-51(53)60)45-30-39(38-17-14-13-15-18-38)29-43(31-45)58(10,11)12;/h13-34,37H,1-12H3;/q-3;. The number of rotatable bonds is 6. The molecule has 330 valence electrons. The third kappa shape index (κ3) is 8.64. The topological polar surface area (TPSA) is 33.5 Å². The van der Waals surface area contributed by atoms with E-state index in [1.54, 1.807) is 0 Å². The maximum absolute atomic E-state index is 6.71. The Labute approximate surface area is 395 Å². The van der Waals surface area contributed by atoms with Gasteiger partial charge in [-0.3, -0.25) is 0 Å². The molecular weight excluding hydrogens is 964 g/mol. The summed E-state index contributed by atoms with van der Waals surface area (Å²) in [5.41, 5.74) is 13.5. The number of ether oxygens (including phenoxy) is 1. The van der Waals surface area contributed by atoms with E-state index in [4.69, 9.17) is 9.72 Å². The Bertz CT molecular complexity index is 3010. The zero-order valence-corrected chi connectivity index (χ0v) is 41.6. The number of benzene rings is 6. The molecule has 5 nitrogen and oxygen atoms in total. The summed E-state index contributed by atoms with van der Waals surface area (Å²) in [5.74, 6) is 2.08. The second-order valence-corrected chi connectivity index (χ2v) is 21.3. The van der Waals surface area contributed by atoms with Gasteiger partial charge in [0, 0.05) is 61.3 Å². The maximum Gasteiger partial charge on any atom is 0.135 e. The number of hydrogen-bond acceptors (Lipinski definition) is 4. The molecule has 0 saturated heterocycles. The number of fused-ring (bicyclic) bond motifs is 4. The van der Waals surface area contributed by atoms with Crippen LogP contribution in [0, 0.1) is 18.8 Å². The molecule has 0 unspecified atom stereocenters. The summed E-state index contributed by atoms with van der Waals surface area (Å²) in [6.45, 7) is 29.4. The molecule has 64 heavy (non-hydrogen) atoms. The van der Waals surface area contributed by atoms with Crippen LogP contribution in [0.15, 0.2) is 134 Å². The molecule has 6 heteroatoms. The largest absolute Gasteiger partial charge is 0.509 e. The zero-order chi connectivity index (χ0) is 44.6. The van der Waals surface area contributed by atoms with Crippen molar-refractivity contribution in [2.45, 2.75) is 105 Å². The van der Waals surface area contributed by atoms with Crippen molar-refractivity contribution < 1.29 is 25.8 Å². The fraction of sp³-hybridized carbons (Fsp3) is 0.276. The van der Waals surface area contributed by atoms with Crippen LogP contribution < -0.4 is 14.5 Å². The molecule has 0 fully saturated rings. The predicted molar refractivity (Wildman–Crippen MR) is 264 cm³/mol. The molecule has 0 amide bonds. The van der Waals surface area contributed by atoms with E-state index >= 15 is 0 Å². The van der Waals surface area contributed by atoms with Crippen LogP contribution in [0.1, 0.15) is 105 Å². The number of nitrogens with zero attached hydrogens (tertiary/aromatic N) is 4. The second-order valence-electron chi connectivity index (χ2n) is 21.3. The fourth-order valence-electron chi connectivity index (χ4n) is 8.46. The minimum Gasteiger partial charge on any atom is -0.509 e. The van der Waals surface area contributed by atoms with Crippen molar-refractivity contribution in [1.82, 2.24) is 9.55 Å². The van der Waals surface area contributed by atoms with Crippen LogP contribution >= 0.6 is 0 Å². The first-order valence-corrected chi connectivity index (χ1v) is 22.2. The van der Waals surface area contributed by atoms with Crippen molar-refractivity contribution in [2.75, 3.05) is 9.80 Å². The molecular formula is C58H59N4OPt-3. The number of aromatic nitrogens is 2. The van der Waals surface area contributed by atoms with Gasteiger partial charge in [0.15, 0.2) is 0 Å². The first-order chi connectivity index (χ1) is 29.7. The second kappa shape index (κ2) is 16.4. The van der Waals surface area contributed by atoms with E-state index in [9.17, 15) is 0 Å². The molecule has 1 aliphatic rings. The van der Waals surface area contributed by atoms with E-state index in [1.165, 1.54) is 38.8 Å². The fourth-order valence-corrected chi connectivity index (χ4v) is 8.46. The summed E-state index contributed by atoms with van der Waals surface area (Å²) in [6.07, 6.45) is 1.92. The molecule has 0 N–H and O–H groups in total. The van der Waals surface area contributed by atoms with Gasteiger partial charge in [-0.25, -0.2) is 4.98 Å². The quantitative estimate of drug-likeness (QED) is 0.155. The average molecular weight is 1020 g/mol. The van der Waals surface area contributed by atoms with Crippen molar-refractivity contribution in [2.24, 2.45) is 0 Å². The molecule has 6 aromatic carbocycles. The molecule has 2 aromatic heterocycles. The predicted octanol–water partition coefficient (Wildman–Crippen LogP) is 15.8. The SMILES string of the molecule is CC(C)(C)c1cc(-c2ccccc2)cc(N2[CH-]N(c3[c-]c(Oc4[c-]c5c(cc4)c4cc(C(C)(C)C)ccc4n5-c4cc(C(C)(C)C)ccn4)ccc3)c3ccc(C(C)(C)C)cc32)c1.[Pt]. The maximum atomic E-state index is 6.71. The number of anilines is 4. The molecule has 1 aliphatic heterocycles. The van der Waals surface area contributed by atoms with Crippen LogP contribution in [0.4, 0.5) is 22.7 Å². The van der Waals surface area contributed by atoms with Crippen molar-refractivity contribution in [3.63, 3.8) is 0 Å². The van der Waals surface area contributed by atoms with Crippen LogP contribution in [0.2, 0.25) is 0 Å². The van der Waals surface area contributed by atoms with Crippen LogP contribution in [0.5, 0.6) is 11.5 Å². The van der Waals surface area contributed by atoms with Crippen LogP contribution in [-0.4, -0.2) is 9.55 Å². The molecule has 0 saturated carbocycles. The number of pyridine rings is 1.